The molecule has 0 saturated carbocycles. The van der Waals surface area contributed by atoms with E-state index in [1.165, 1.54) is 6.08 Å². The van der Waals surface area contributed by atoms with E-state index >= 15 is 0 Å². The molecule has 0 spiro atoms. The number of aliphatic hydroxyl groups is 1. The van der Waals surface area contributed by atoms with Crippen molar-refractivity contribution in [2.75, 3.05) is 6.61 Å². The summed E-state index contributed by atoms with van der Waals surface area (Å²) in [7, 11) is 0. The number of allylic oxidation sites excluding steroid dienone is 1. The molecule has 1 unspecified atom stereocenters. The number of carbonyl (C=O) groups is 1. The molecular formula is C9H17NO2. The fourth-order valence-corrected chi connectivity index (χ4v) is 0.730. The molecule has 0 aromatic carbocycles. The van der Waals surface area contributed by atoms with Crippen molar-refractivity contribution >= 4 is 5.91 Å². The highest BCUT2D eigenvalue weighted by molar-refractivity contribution is 5.87. The van der Waals surface area contributed by atoms with Crippen LogP contribution in [0.1, 0.15) is 27.2 Å². The van der Waals surface area contributed by atoms with E-state index in [1.807, 2.05) is 13.8 Å². The molecule has 0 bridgehead atoms. The molecule has 0 radical (unpaired) electrons. The van der Waals surface area contributed by atoms with Crippen LogP contribution >= 0.6 is 0 Å². The van der Waals surface area contributed by atoms with Crippen LogP contribution in [0.5, 0.6) is 0 Å². The summed E-state index contributed by atoms with van der Waals surface area (Å²) in [5, 5.41) is 11.7. The average molecular weight is 171 g/mol. The summed E-state index contributed by atoms with van der Waals surface area (Å²) in [6, 6.07) is 0. The first-order valence-electron chi connectivity index (χ1n) is 4.13. The van der Waals surface area contributed by atoms with E-state index in [9.17, 15) is 4.79 Å². The molecule has 0 aliphatic rings. The van der Waals surface area contributed by atoms with E-state index in [4.69, 9.17) is 5.11 Å². The highest BCUT2D eigenvalue weighted by Crippen LogP contribution is 2.06. The molecule has 0 rings (SSSR count). The Balaban J connectivity index is 4.11. The lowest BCUT2D eigenvalue weighted by atomic mass is 10.0. The number of carbonyl (C=O) groups excluding carboxylic acids is 1. The number of aliphatic hydroxyl groups excluding tert-OH is 1. The Morgan fingerprint density at radius 2 is 2.25 bits per heavy atom. The van der Waals surface area contributed by atoms with Crippen molar-refractivity contribution in [1.82, 2.24) is 5.32 Å². The first kappa shape index (κ1) is 11.2. The molecule has 0 fully saturated rings. The van der Waals surface area contributed by atoms with E-state index in [1.54, 1.807) is 13.0 Å². The van der Waals surface area contributed by atoms with Gasteiger partial charge in [-0.1, -0.05) is 13.0 Å². The summed E-state index contributed by atoms with van der Waals surface area (Å²) in [6.07, 6.45) is 3.83. The Kier molecular flexibility index (Phi) is 4.59. The summed E-state index contributed by atoms with van der Waals surface area (Å²) < 4.78 is 0. The van der Waals surface area contributed by atoms with Crippen LogP contribution in [0.4, 0.5) is 0 Å². The summed E-state index contributed by atoms with van der Waals surface area (Å²) in [4.78, 5) is 11.1. The Morgan fingerprint density at radius 3 is 2.58 bits per heavy atom. The van der Waals surface area contributed by atoms with Gasteiger partial charge in [-0.3, -0.25) is 4.79 Å². The van der Waals surface area contributed by atoms with Gasteiger partial charge in [-0.25, -0.2) is 0 Å². The Labute approximate surface area is 73.5 Å². The molecular weight excluding hydrogens is 154 g/mol. The van der Waals surface area contributed by atoms with Gasteiger partial charge in [0, 0.05) is 0 Å². The van der Waals surface area contributed by atoms with Crippen molar-refractivity contribution in [3.05, 3.63) is 12.2 Å². The third-order valence-electron chi connectivity index (χ3n) is 1.87. The number of hydrogen-bond acceptors (Lipinski definition) is 2. The Bertz CT molecular complexity index is 171. The molecule has 0 heterocycles. The maximum atomic E-state index is 11.1. The van der Waals surface area contributed by atoms with Crippen LogP contribution in [0.25, 0.3) is 0 Å². The monoisotopic (exact) mass is 171 g/mol. The maximum Gasteiger partial charge on any atom is 0.244 e. The van der Waals surface area contributed by atoms with Gasteiger partial charge in [0.2, 0.25) is 5.91 Å². The Morgan fingerprint density at radius 1 is 1.67 bits per heavy atom. The molecule has 3 nitrogen and oxygen atoms in total. The molecule has 0 saturated heterocycles. The molecule has 12 heavy (non-hydrogen) atoms. The fraction of sp³-hybridized carbons (Fsp3) is 0.667. The second-order valence-electron chi connectivity index (χ2n) is 3.06. The van der Waals surface area contributed by atoms with E-state index in [2.05, 4.69) is 5.32 Å². The molecule has 1 atom stereocenters. The van der Waals surface area contributed by atoms with Crippen molar-refractivity contribution < 1.29 is 9.90 Å². The average Bonchev–Trinajstić information content (AvgIpc) is 2.05. The number of amides is 1. The molecule has 0 aliphatic carbocycles. The van der Waals surface area contributed by atoms with Crippen molar-refractivity contribution in [2.24, 2.45) is 0 Å². The second-order valence-corrected chi connectivity index (χ2v) is 3.06. The highest BCUT2D eigenvalue weighted by Gasteiger charge is 2.21. The van der Waals surface area contributed by atoms with Gasteiger partial charge >= 0.3 is 0 Å². The Hall–Kier alpha value is -0.830. The first-order valence-corrected chi connectivity index (χ1v) is 4.13. The van der Waals surface area contributed by atoms with E-state index in [0.29, 0.717) is 6.42 Å². The zero-order valence-electron chi connectivity index (χ0n) is 7.92. The molecule has 70 valence electrons. The third-order valence-corrected chi connectivity index (χ3v) is 1.87. The van der Waals surface area contributed by atoms with Crippen molar-refractivity contribution in [2.45, 2.75) is 32.7 Å². The molecule has 1 amide bonds. The van der Waals surface area contributed by atoms with Gasteiger partial charge in [-0.05, 0) is 26.3 Å². The number of nitrogens with one attached hydrogen (secondary N) is 1. The van der Waals surface area contributed by atoms with Crippen LogP contribution in [0.15, 0.2) is 12.2 Å². The molecule has 0 aromatic heterocycles. The van der Waals surface area contributed by atoms with Gasteiger partial charge in [-0.15, -0.1) is 0 Å². The molecule has 0 aromatic rings. The van der Waals surface area contributed by atoms with Gasteiger partial charge in [0.25, 0.3) is 0 Å². The number of hydrogen-bond donors (Lipinski definition) is 2. The van der Waals surface area contributed by atoms with Crippen LogP contribution < -0.4 is 5.32 Å². The lowest BCUT2D eigenvalue weighted by Crippen LogP contribution is -2.47. The van der Waals surface area contributed by atoms with Gasteiger partial charge in [0.05, 0.1) is 12.1 Å². The van der Waals surface area contributed by atoms with Crippen molar-refractivity contribution in [3.8, 4) is 0 Å². The predicted octanol–water partition coefficient (Wildman–Crippen LogP) is 0.840. The minimum atomic E-state index is -0.489. The second kappa shape index (κ2) is 4.93. The van der Waals surface area contributed by atoms with Crippen LogP contribution in [-0.2, 0) is 4.79 Å². The van der Waals surface area contributed by atoms with Crippen molar-refractivity contribution in [3.63, 3.8) is 0 Å². The lowest BCUT2D eigenvalue weighted by molar-refractivity contribution is -0.118. The SMILES string of the molecule is CC=CC(=O)NC(C)(CC)CO. The summed E-state index contributed by atoms with van der Waals surface area (Å²) in [6.45, 7) is 5.48. The summed E-state index contributed by atoms with van der Waals surface area (Å²) >= 11 is 0. The number of rotatable bonds is 4. The first-order chi connectivity index (χ1) is 5.58. The molecule has 0 aliphatic heterocycles. The smallest absolute Gasteiger partial charge is 0.244 e. The summed E-state index contributed by atoms with van der Waals surface area (Å²) in [5.74, 6) is -0.157. The standard InChI is InChI=1S/C9H17NO2/c1-4-6-8(12)10-9(3,5-2)7-11/h4,6,11H,5,7H2,1-3H3,(H,10,12). The van der Waals surface area contributed by atoms with Crippen molar-refractivity contribution in [1.29, 1.82) is 0 Å². The van der Waals surface area contributed by atoms with E-state index in [0.717, 1.165) is 0 Å². The highest BCUT2D eigenvalue weighted by atomic mass is 16.3. The quantitative estimate of drug-likeness (QED) is 0.616. The molecule has 2 N–H and O–H groups in total. The van der Waals surface area contributed by atoms with Gasteiger partial charge in [0.1, 0.15) is 0 Å². The fourth-order valence-electron chi connectivity index (χ4n) is 0.730. The van der Waals surface area contributed by atoms with Crippen LogP contribution in [-0.4, -0.2) is 23.2 Å². The van der Waals surface area contributed by atoms with Crippen LogP contribution in [0.2, 0.25) is 0 Å². The zero-order chi connectivity index (χ0) is 9.61. The lowest BCUT2D eigenvalue weighted by Gasteiger charge is -2.26. The van der Waals surface area contributed by atoms with Gasteiger partial charge < -0.3 is 10.4 Å². The normalized spacial score (nSPS) is 16.0. The minimum absolute atomic E-state index is 0.0349. The van der Waals surface area contributed by atoms with Crippen LogP contribution in [0, 0.1) is 0 Å². The zero-order valence-corrected chi connectivity index (χ0v) is 7.92. The van der Waals surface area contributed by atoms with Gasteiger partial charge in [-0.2, -0.15) is 0 Å². The summed E-state index contributed by atoms with van der Waals surface area (Å²) in [5.41, 5.74) is -0.489. The maximum absolute atomic E-state index is 11.1. The third kappa shape index (κ3) is 3.53. The van der Waals surface area contributed by atoms with Crippen LogP contribution in [0.3, 0.4) is 0 Å². The van der Waals surface area contributed by atoms with E-state index < -0.39 is 5.54 Å². The molecule has 3 heteroatoms. The van der Waals surface area contributed by atoms with Gasteiger partial charge in [0.15, 0.2) is 0 Å². The topological polar surface area (TPSA) is 49.3 Å². The minimum Gasteiger partial charge on any atom is -0.394 e. The van der Waals surface area contributed by atoms with E-state index in [-0.39, 0.29) is 12.5 Å². The largest absolute Gasteiger partial charge is 0.394 e. The predicted molar refractivity (Wildman–Crippen MR) is 48.7 cm³/mol.